The summed E-state index contributed by atoms with van der Waals surface area (Å²) in [7, 11) is 0. The Balaban J connectivity index is 1.97. The summed E-state index contributed by atoms with van der Waals surface area (Å²) in [5.41, 5.74) is 0. The molecule has 1 aliphatic rings. The van der Waals surface area contributed by atoms with Crippen LogP contribution in [0, 0.1) is 0 Å². The van der Waals surface area contributed by atoms with Gasteiger partial charge in [-0.1, -0.05) is 30.7 Å². The molecule has 4 nitrogen and oxygen atoms in total. The molecule has 1 aliphatic heterocycles. The van der Waals surface area contributed by atoms with Gasteiger partial charge in [0, 0.05) is 18.0 Å². The number of nitrogens with zero attached hydrogens (tertiary/aromatic N) is 1. The lowest BCUT2D eigenvalue weighted by Gasteiger charge is -2.34. The van der Waals surface area contributed by atoms with Crippen LogP contribution in [0.2, 0.25) is 5.02 Å². The molecule has 1 atom stereocenters. The highest BCUT2D eigenvalue weighted by Gasteiger charge is 2.31. The van der Waals surface area contributed by atoms with Crippen LogP contribution in [0.4, 0.5) is 0 Å². The van der Waals surface area contributed by atoms with Crippen LogP contribution in [0.5, 0.6) is 0 Å². The van der Waals surface area contributed by atoms with Crippen molar-refractivity contribution in [3.05, 3.63) is 29.3 Å². The molecule has 1 aromatic rings. The van der Waals surface area contributed by atoms with Gasteiger partial charge in [0.1, 0.15) is 6.04 Å². The minimum absolute atomic E-state index is 0.0170. The number of benzene rings is 1. The van der Waals surface area contributed by atoms with Crippen LogP contribution in [-0.2, 0) is 9.59 Å². The van der Waals surface area contributed by atoms with Gasteiger partial charge in [0.2, 0.25) is 11.8 Å². The Labute approximate surface area is 127 Å². The first-order valence-electron chi connectivity index (χ1n) is 6.58. The maximum atomic E-state index is 12.3. The third-order valence-electron chi connectivity index (χ3n) is 3.23. The zero-order valence-corrected chi connectivity index (χ0v) is 12.8. The molecule has 1 N–H and O–H groups in total. The number of carbonyl (C=O) groups excluding carboxylic acids is 2. The molecule has 2 amide bonds. The first kappa shape index (κ1) is 15.2. The van der Waals surface area contributed by atoms with E-state index in [-0.39, 0.29) is 17.9 Å². The van der Waals surface area contributed by atoms with Gasteiger partial charge in [0.15, 0.2) is 0 Å². The van der Waals surface area contributed by atoms with Crippen molar-refractivity contribution in [2.24, 2.45) is 0 Å². The van der Waals surface area contributed by atoms with Gasteiger partial charge in [-0.15, -0.1) is 11.8 Å². The Morgan fingerprint density at radius 2 is 2.25 bits per heavy atom. The number of thioether (sulfide) groups is 1. The quantitative estimate of drug-likeness (QED) is 0.867. The first-order chi connectivity index (χ1) is 9.63. The summed E-state index contributed by atoms with van der Waals surface area (Å²) in [5, 5.41) is 3.44. The normalized spacial score (nSPS) is 18.8. The Hall–Kier alpha value is -1.20. The van der Waals surface area contributed by atoms with E-state index >= 15 is 0 Å². The lowest BCUT2D eigenvalue weighted by Crippen LogP contribution is -2.57. The predicted octanol–water partition coefficient (Wildman–Crippen LogP) is 2.17. The molecule has 6 heteroatoms. The van der Waals surface area contributed by atoms with Crippen LogP contribution in [0.1, 0.15) is 13.3 Å². The highest BCUT2D eigenvalue weighted by Crippen LogP contribution is 2.27. The van der Waals surface area contributed by atoms with Gasteiger partial charge < -0.3 is 10.2 Å². The fraction of sp³-hybridized carbons (Fsp3) is 0.429. The van der Waals surface area contributed by atoms with Gasteiger partial charge in [-0.3, -0.25) is 9.59 Å². The monoisotopic (exact) mass is 312 g/mol. The van der Waals surface area contributed by atoms with Crippen molar-refractivity contribution >= 4 is 35.2 Å². The molecule has 20 heavy (non-hydrogen) atoms. The SMILES string of the molecule is CCC1C(=O)NCCN1C(=O)CSc1ccccc1Cl. The molecular formula is C14H17ClN2O2S. The highest BCUT2D eigenvalue weighted by atomic mass is 35.5. The second-order valence-corrected chi connectivity index (χ2v) is 5.95. The molecule has 0 aliphatic carbocycles. The predicted molar refractivity (Wildman–Crippen MR) is 81.0 cm³/mol. The van der Waals surface area contributed by atoms with Crippen molar-refractivity contribution < 1.29 is 9.59 Å². The van der Waals surface area contributed by atoms with E-state index in [9.17, 15) is 9.59 Å². The Morgan fingerprint density at radius 1 is 1.50 bits per heavy atom. The summed E-state index contributed by atoms with van der Waals surface area (Å²) in [4.78, 5) is 26.6. The van der Waals surface area contributed by atoms with Gasteiger partial charge in [-0.2, -0.15) is 0 Å². The second-order valence-electron chi connectivity index (χ2n) is 4.52. The number of amides is 2. The smallest absolute Gasteiger partial charge is 0.242 e. The van der Waals surface area contributed by atoms with Gasteiger partial charge in [0.25, 0.3) is 0 Å². The molecule has 108 valence electrons. The molecule has 1 saturated heterocycles. The number of piperazine rings is 1. The Kier molecular flexibility index (Phi) is 5.31. The molecule has 0 aromatic heterocycles. The van der Waals surface area contributed by atoms with Gasteiger partial charge in [-0.25, -0.2) is 0 Å². The molecular weight excluding hydrogens is 296 g/mol. The van der Waals surface area contributed by atoms with Crippen LogP contribution >= 0.6 is 23.4 Å². The molecule has 0 spiro atoms. The van der Waals surface area contributed by atoms with E-state index in [1.54, 1.807) is 11.0 Å². The van der Waals surface area contributed by atoms with E-state index in [4.69, 9.17) is 11.6 Å². The zero-order valence-electron chi connectivity index (χ0n) is 11.3. The zero-order chi connectivity index (χ0) is 14.5. The van der Waals surface area contributed by atoms with Crippen LogP contribution in [0.15, 0.2) is 29.2 Å². The number of halogens is 1. The summed E-state index contributed by atoms with van der Waals surface area (Å²) in [5.74, 6) is 0.222. The van der Waals surface area contributed by atoms with Crippen LogP contribution in [0.3, 0.4) is 0 Å². The molecule has 1 heterocycles. The Bertz CT molecular complexity index is 510. The minimum atomic E-state index is -0.344. The average molecular weight is 313 g/mol. The summed E-state index contributed by atoms with van der Waals surface area (Å²) >= 11 is 7.47. The standard InChI is InChI=1S/C14H17ClN2O2S/c1-2-11-14(19)16-7-8-17(11)13(18)9-20-12-6-4-3-5-10(12)15/h3-6,11H,2,7-9H2,1H3,(H,16,19). The van der Waals surface area contributed by atoms with Crippen LogP contribution in [0.25, 0.3) is 0 Å². The van der Waals surface area contributed by atoms with Gasteiger partial charge in [0.05, 0.1) is 10.8 Å². The van der Waals surface area contributed by atoms with E-state index in [1.165, 1.54) is 11.8 Å². The van der Waals surface area contributed by atoms with Crippen molar-refractivity contribution in [3.63, 3.8) is 0 Å². The topological polar surface area (TPSA) is 49.4 Å². The van der Waals surface area contributed by atoms with E-state index in [1.807, 2.05) is 25.1 Å². The van der Waals surface area contributed by atoms with Crippen molar-refractivity contribution in [1.29, 1.82) is 0 Å². The average Bonchev–Trinajstić information content (AvgIpc) is 2.46. The number of nitrogens with one attached hydrogen (secondary N) is 1. The van der Waals surface area contributed by atoms with Crippen molar-refractivity contribution in [2.45, 2.75) is 24.3 Å². The summed E-state index contributed by atoms with van der Waals surface area (Å²) in [6.45, 7) is 3.01. The fourth-order valence-electron chi connectivity index (χ4n) is 2.20. The van der Waals surface area contributed by atoms with Gasteiger partial charge in [-0.05, 0) is 18.6 Å². The minimum Gasteiger partial charge on any atom is -0.353 e. The van der Waals surface area contributed by atoms with Crippen molar-refractivity contribution in [1.82, 2.24) is 10.2 Å². The second kappa shape index (κ2) is 6.99. The van der Waals surface area contributed by atoms with E-state index in [2.05, 4.69) is 5.32 Å². The largest absolute Gasteiger partial charge is 0.353 e. The molecule has 1 unspecified atom stereocenters. The van der Waals surface area contributed by atoms with E-state index < -0.39 is 0 Å². The maximum Gasteiger partial charge on any atom is 0.242 e. The molecule has 1 aromatic carbocycles. The summed E-state index contributed by atoms with van der Waals surface area (Å²) in [6, 6.07) is 7.10. The lowest BCUT2D eigenvalue weighted by atomic mass is 10.1. The molecule has 0 saturated carbocycles. The van der Waals surface area contributed by atoms with E-state index in [0.717, 1.165) is 4.90 Å². The number of carbonyl (C=O) groups is 2. The van der Waals surface area contributed by atoms with Crippen molar-refractivity contribution in [2.75, 3.05) is 18.8 Å². The summed E-state index contributed by atoms with van der Waals surface area (Å²) < 4.78 is 0. The lowest BCUT2D eigenvalue weighted by molar-refractivity contribution is -0.141. The fourth-order valence-corrected chi connectivity index (χ4v) is 3.33. The van der Waals surface area contributed by atoms with E-state index in [0.29, 0.717) is 30.3 Å². The highest BCUT2D eigenvalue weighted by molar-refractivity contribution is 8.00. The number of rotatable bonds is 4. The van der Waals surface area contributed by atoms with Crippen LogP contribution < -0.4 is 5.32 Å². The number of hydrogen-bond acceptors (Lipinski definition) is 3. The third kappa shape index (κ3) is 3.46. The molecule has 1 fully saturated rings. The van der Waals surface area contributed by atoms with Crippen LogP contribution in [-0.4, -0.2) is 41.6 Å². The molecule has 0 bridgehead atoms. The summed E-state index contributed by atoms with van der Waals surface area (Å²) in [6.07, 6.45) is 0.633. The maximum absolute atomic E-state index is 12.3. The molecule has 2 rings (SSSR count). The molecule has 0 radical (unpaired) electrons. The first-order valence-corrected chi connectivity index (χ1v) is 7.94. The third-order valence-corrected chi connectivity index (χ3v) is 4.73. The van der Waals surface area contributed by atoms with Gasteiger partial charge >= 0.3 is 0 Å². The van der Waals surface area contributed by atoms with Crippen molar-refractivity contribution in [3.8, 4) is 0 Å². The Morgan fingerprint density at radius 3 is 2.95 bits per heavy atom. The number of hydrogen-bond donors (Lipinski definition) is 1.